The third-order valence-electron chi connectivity index (χ3n) is 5.22. The van der Waals surface area contributed by atoms with E-state index in [0.717, 1.165) is 21.9 Å². The maximum atomic E-state index is 12.5. The van der Waals surface area contributed by atoms with Crippen molar-refractivity contribution in [1.82, 2.24) is 20.2 Å². The predicted octanol–water partition coefficient (Wildman–Crippen LogP) is 4.67. The summed E-state index contributed by atoms with van der Waals surface area (Å²) in [5, 5.41) is 17.4. The fourth-order valence-corrected chi connectivity index (χ4v) is 3.65. The second kappa shape index (κ2) is 8.50. The molecule has 0 spiro atoms. The number of carbonyl (C=O) groups is 1. The van der Waals surface area contributed by atoms with E-state index in [1.54, 1.807) is 13.2 Å². The number of furan rings is 1. The Kier molecular flexibility index (Phi) is 5.25. The molecule has 0 unspecified atom stereocenters. The van der Waals surface area contributed by atoms with Crippen molar-refractivity contribution in [2.24, 2.45) is 0 Å². The second-order valence-corrected chi connectivity index (χ2v) is 7.37. The van der Waals surface area contributed by atoms with Crippen molar-refractivity contribution in [3.8, 4) is 17.1 Å². The maximum Gasteiger partial charge on any atom is 0.224 e. The summed E-state index contributed by atoms with van der Waals surface area (Å²) in [5.41, 5.74) is 2.98. The molecule has 0 fully saturated rings. The Labute approximate surface area is 183 Å². The normalized spacial score (nSPS) is 11.2. The number of hydrogen-bond acceptors (Lipinski definition) is 6. The summed E-state index contributed by atoms with van der Waals surface area (Å²) in [6, 6.07) is 21.2. The Morgan fingerprint density at radius 1 is 1.03 bits per heavy atom. The zero-order chi connectivity index (χ0) is 21.9. The van der Waals surface area contributed by atoms with E-state index in [9.17, 15) is 4.79 Å². The summed E-state index contributed by atoms with van der Waals surface area (Å²) in [6.07, 6.45) is 0.884. The molecule has 0 atom stereocenters. The number of para-hydroxylation sites is 1. The van der Waals surface area contributed by atoms with Gasteiger partial charge in [0.15, 0.2) is 0 Å². The van der Waals surface area contributed by atoms with E-state index in [1.165, 1.54) is 4.80 Å². The molecule has 1 N–H and O–H groups in total. The summed E-state index contributed by atoms with van der Waals surface area (Å²) in [4.78, 5) is 14.1. The number of nitrogens with one attached hydrogen (secondary N) is 1. The monoisotopic (exact) mass is 427 g/mol. The molecule has 0 saturated carbocycles. The van der Waals surface area contributed by atoms with Gasteiger partial charge in [-0.15, -0.1) is 10.2 Å². The zero-order valence-electron chi connectivity index (χ0n) is 17.5. The molecule has 2 aromatic heterocycles. The van der Waals surface area contributed by atoms with E-state index in [4.69, 9.17) is 9.15 Å². The van der Waals surface area contributed by atoms with Gasteiger partial charge in [-0.25, -0.2) is 0 Å². The lowest BCUT2D eigenvalue weighted by molar-refractivity contribution is -0.116. The predicted molar refractivity (Wildman–Crippen MR) is 121 cm³/mol. The first-order valence-electron chi connectivity index (χ1n) is 10.3. The number of hydrogen-bond donors (Lipinski definition) is 1. The van der Waals surface area contributed by atoms with Gasteiger partial charge in [0.05, 0.1) is 19.3 Å². The first-order chi connectivity index (χ1) is 15.7. The Bertz CT molecular complexity index is 1390. The van der Waals surface area contributed by atoms with Gasteiger partial charge >= 0.3 is 0 Å². The number of amides is 1. The molecule has 2 heterocycles. The quantitative estimate of drug-likeness (QED) is 0.406. The molecule has 0 aliphatic carbocycles. The molecule has 0 aliphatic heterocycles. The van der Waals surface area contributed by atoms with Crippen LogP contribution in [-0.2, 0) is 11.3 Å². The van der Waals surface area contributed by atoms with Crippen LogP contribution in [0.25, 0.3) is 33.3 Å². The van der Waals surface area contributed by atoms with Gasteiger partial charge < -0.3 is 14.5 Å². The van der Waals surface area contributed by atoms with Crippen LogP contribution in [0.1, 0.15) is 12.8 Å². The van der Waals surface area contributed by atoms with E-state index in [1.807, 2.05) is 60.7 Å². The van der Waals surface area contributed by atoms with Crippen molar-refractivity contribution in [1.29, 1.82) is 0 Å². The molecule has 0 radical (unpaired) electrons. The van der Waals surface area contributed by atoms with E-state index in [-0.39, 0.29) is 5.91 Å². The van der Waals surface area contributed by atoms with Crippen LogP contribution in [0, 0.1) is 0 Å². The highest BCUT2D eigenvalue weighted by molar-refractivity contribution is 6.07. The van der Waals surface area contributed by atoms with Crippen LogP contribution in [0.15, 0.2) is 71.1 Å². The lowest BCUT2D eigenvalue weighted by Crippen LogP contribution is -2.13. The fourth-order valence-electron chi connectivity index (χ4n) is 3.65. The summed E-state index contributed by atoms with van der Waals surface area (Å²) in [7, 11) is 1.58. The van der Waals surface area contributed by atoms with E-state index in [0.29, 0.717) is 42.2 Å². The van der Waals surface area contributed by atoms with Crippen molar-refractivity contribution in [2.45, 2.75) is 19.4 Å². The Hall–Kier alpha value is -4.20. The Morgan fingerprint density at radius 3 is 2.69 bits per heavy atom. The standard InChI is InChI=1S/C24H21N5O3/c1-31-22-14-18-17-10-5-6-11-20(17)32-21(18)15-19(22)25-23(30)12-7-13-29-27-24(26-28-29)16-8-3-2-4-9-16/h2-6,8-11,14-15H,7,12-13H2,1H3,(H,25,30). The van der Waals surface area contributed by atoms with Crippen molar-refractivity contribution < 1.29 is 13.9 Å². The molecule has 8 heteroatoms. The first kappa shape index (κ1) is 19.7. The minimum Gasteiger partial charge on any atom is -0.495 e. The number of carbonyl (C=O) groups excluding carboxylic acids is 1. The van der Waals surface area contributed by atoms with Crippen molar-refractivity contribution in [3.05, 3.63) is 66.7 Å². The van der Waals surface area contributed by atoms with Crippen LogP contribution in [0.2, 0.25) is 0 Å². The zero-order valence-corrected chi connectivity index (χ0v) is 17.5. The molecule has 160 valence electrons. The van der Waals surface area contributed by atoms with Gasteiger partial charge in [0.25, 0.3) is 0 Å². The highest BCUT2D eigenvalue weighted by atomic mass is 16.5. The molecule has 1 amide bonds. The van der Waals surface area contributed by atoms with Gasteiger partial charge in [0, 0.05) is 28.8 Å². The van der Waals surface area contributed by atoms with Crippen molar-refractivity contribution in [3.63, 3.8) is 0 Å². The molecule has 3 aromatic carbocycles. The van der Waals surface area contributed by atoms with Crippen LogP contribution >= 0.6 is 0 Å². The maximum absolute atomic E-state index is 12.5. The largest absolute Gasteiger partial charge is 0.495 e. The molecular formula is C24H21N5O3. The number of nitrogens with zero attached hydrogens (tertiary/aromatic N) is 4. The molecule has 5 rings (SSSR count). The topological polar surface area (TPSA) is 95.1 Å². The number of tetrazole rings is 1. The summed E-state index contributed by atoms with van der Waals surface area (Å²) >= 11 is 0. The number of aromatic nitrogens is 4. The van der Waals surface area contributed by atoms with Gasteiger partial charge in [-0.05, 0) is 23.8 Å². The molecule has 8 nitrogen and oxygen atoms in total. The minimum absolute atomic E-state index is 0.123. The van der Waals surface area contributed by atoms with Gasteiger partial charge in [0.2, 0.25) is 11.7 Å². The van der Waals surface area contributed by atoms with Crippen LogP contribution in [0.4, 0.5) is 5.69 Å². The Morgan fingerprint density at radius 2 is 1.84 bits per heavy atom. The van der Waals surface area contributed by atoms with Gasteiger partial charge in [-0.3, -0.25) is 4.79 Å². The number of aryl methyl sites for hydroxylation is 1. The van der Waals surface area contributed by atoms with E-state index >= 15 is 0 Å². The van der Waals surface area contributed by atoms with Crippen LogP contribution in [-0.4, -0.2) is 33.2 Å². The summed E-state index contributed by atoms with van der Waals surface area (Å²) in [5.74, 6) is 1.03. The third kappa shape index (κ3) is 3.90. The van der Waals surface area contributed by atoms with Crippen molar-refractivity contribution in [2.75, 3.05) is 12.4 Å². The summed E-state index contributed by atoms with van der Waals surface area (Å²) in [6.45, 7) is 0.493. The van der Waals surface area contributed by atoms with E-state index in [2.05, 4.69) is 20.7 Å². The molecular weight excluding hydrogens is 406 g/mol. The highest BCUT2D eigenvalue weighted by Crippen LogP contribution is 2.36. The van der Waals surface area contributed by atoms with Crippen molar-refractivity contribution >= 4 is 33.5 Å². The number of ether oxygens (including phenoxy) is 1. The molecule has 0 aliphatic rings. The average molecular weight is 427 g/mol. The average Bonchev–Trinajstić information content (AvgIpc) is 3.43. The SMILES string of the molecule is COc1cc2c(cc1NC(=O)CCCn1nnc(-c3ccccc3)n1)oc1ccccc12. The molecule has 5 aromatic rings. The number of methoxy groups -OCH3 is 1. The molecule has 0 saturated heterocycles. The van der Waals surface area contributed by atoms with Gasteiger partial charge in [-0.2, -0.15) is 4.80 Å². The van der Waals surface area contributed by atoms with Gasteiger partial charge in [0.1, 0.15) is 16.9 Å². The number of benzene rings is 3. The summed E-state index contributed by atoms with van der Waals surface area (Å²) < 4.78 is 11.4. The fraction of sp³-hybridized carbons (Fsp3) is 0.167. The third-order valence-corrected chi connectivity index (χ3v) is 5.22. The number of rotatable bonds is 7. The first-order valence-corrected chi connectivity index (χ1v) is 10.3. The second-order valence-electron chi connectivity index (χ2n) is 7.37. The molecule has 0 bridgehead atoms. The minimum atomic E-state index is -0.123. The number of anilines is 1. The van der Waals surface area contributed by atoms with Gasteiger partial charge in [-0.1, -0.05) is 48.5 Å². The smallest absolute Gasteiger partial charge is 0.224 e. The lowest BCUT2D eigenvalue weighted by atomic mass is 10.1. The van der Waals surface area contributed by atoms with Crippen LogP contribution < -0.4 is 10.1 Å². The number of fused-ring (bicyclic) bond motifs is 3. The highest BCUT2D eigenvalue weighted by Gasteiger charge is 2.14. The molecule has 32 heavy (non-hydrogen) atoms. The lowest BCUT2D eigenvalue weighted by Gasteiger charge is -2.10. The Balaban J connectivity index is 1.24. The van der Waals surface area contributed by atoms with Crippen LogP contribution in [0.3, 0.4) is 0 Å². The van der Waals surface area contributed by atoms with E-state index < -0.39 is 0 Å². The van der Waals surface area contributed by atoms with Crippen LogP contribution in [0.5, 0.6) is 5.75 Å².